The summed E-state index contributed by atoms with van der Waals surface area (Å²) in [5.41, 5.74) is 2.80. The molecule has 1 saturated heterocycles. The molecule has 2 aliphatic rings. The molecule has 1 aliphatic heterocycles. The standard InChI is InChI=1S/C14H19NO.ClH/c16-14-5-4-11-8-13(9-12(11)10-14)15-6-2-1-3-7-15;/h4-5,10,13,16H,1-3,6-9H2;1H. The summed E-state index contributed by atoms with van der Waals surface area (Å²) in [6, 6.07) is 6.54. The fraction of sp³-hybridized carbons (Fsp3) is 0.571. The van der Waals surface area contributed by atoms with Crippen LogP contribution in [0, 0.1) is 0 Å². The van der Waals surface area contributed by atoms with Crippen molar-refractivity contribution in [2.24, 2.45) is 0 Å². The van der Waals surface area contributed by atoms with E-state index in [1.54, 1.807) is 0 Å². The second-order valence-corrected chi connectivity index (χ2v) is 5.11. The molecule has 0 radical (unpaired) electrons. The first-order valence-corrected chi connectivity index (χ1v) is 6.38. The summed E-state index contributed by atoms with van der Waals surface area (Å²) in [6.07, 6.45) is 6.42. The summed E-state index contributed by atoms with van der Waals surface area (Å²) in [5, 5.41) is 9.48. The molecule has 0 aromatic heterocycles. The van der Waals surface area contributed by atoms with Crippen molar-refractivity contribution in [3.63, 3.8) is 0 Å². The molecule has 94 valence electrons. The van der Waals surface area contributed by atoms with E-state index >= 15 is 0 Å². The Bertz CT molecular complexity index is 388. The molecule has 1 unspecified atom stereocenters. The number of phenolic OH excluding ortho intramolecular Hbond substituents is 1. The minimum absolute atomic E-state index is 0. The summed E-state index contributed by atoms with van der Waals surface area (Å²) in [5.74, 6) is 0.415. The Labute approximate surface area is 109 Å². The van der Waals surface area contributed by atoms with Crippen LogP contribution in [0.3, 0.4) is 0 Å². The van der Waals surface area contributed by atoms with Crippen LogP contribution in [0.1, 0.15) is 30.4 Å². The van der Waals surface area contributed by atoms with E-state index < -0.39 is 0 Å². The van der Waals surface area contributed by atoms with Gasteiger partial charge < -0.3 is 5.11 Å². The van der Waals surface area contributed by atoms with Crippen molar-refractivity contribution in [1.29, 1.82) is 0 Å². The lowest BCUT2D eigenvalue weighted by Gasteiger charge is -2.32. The predicted octanol–water partition coefficient (Wildman–Crippen LogP) is 2.77. The highest BCUT2D eigenvalue weighted by atomic mass is 35.5. The van der Waals surface area contributed by atoms with Gasteiger partial charge >= 0.3 is 0 Å². The fourth-order valence-corrected chi connectivity index (χ4v) is 3.12. The number of rotatable bonds is 1. The quantitative estimate of drug-likeness (QED) is 0.832. The number of fused-ring (bicyclic) bond motifs is 1. The van der Waals surface area contributed by atoms with E-state index in [1.165, 1.54) is 49.9 Å². The number of likely N-dealkylation sites (tertiary alicyclic amines) is 1. The van der Waals surface area contributed by atoms with Gasteiger partial charge in [-0.05, 0) is 62.0 Å². The Morgan fingerprint density at radius 2 is 1.71 bits per heavy atom. The van der Waals surface area contributed by atoms with Crippen LogP contribution in [0.15, 0.2) is 18.2 Å². The Morgan fingerprint density at radius 1 is 1.00 bits per heavy atom. The van der Waals surface area contributed by atoms with Crippen molar-refractivity contribution < 1.29 is 5.11 Å². The number of phenols is 1. The van der Waals surface area contributed by atoms with E-state index in [2.05, 4.69) is 11.0 Å². The van der Waals surface area contributed by atoms with E-state index in [0.717, 1.165) is 6.42 Å². The van der Waals surface area contributed by atoms with Gasteiger partial charge in [-0.2, -0.15) is 0 Å². The molecule has 3 heteroatoms. The monoisotopic (exact) mass is 253 g/mol. The number of piperidine rings is 1. The van der Waals surface area contributed by atoms with Crippen LogP contribution in [0.4, 0.5) is 0 Å². The molecule has 1 heterocycles. The third kappa shape index (κ3) is 2.58. The molecule has 1 N–H and O–H groups in total. The number of aromatic hydroxyl groups is 1. The first-order valence-electron chi connectivity index (χ1n) is 6.38. The zero-order valence-corrected chi connectivity index (χ0v) is 10.9. The minimum atomic E-state index is 0. The topological polar surface area (TPSA) is 23.5 Å². The third-order valence-corrected chi connectivity index (χ3v) is 4.01. The van der Waals surface area contributed by atoms with E-state index in [-0.39, 0.29) is 12.4 Å². The average molecular weight is 254 g/mol. The lowest BCUT2D eigenvalue weighted by molar-refractivity contribution is 0.168. The Morgan fingerprint density at radius 3 is 2.47 bits per heavy atom. The maximum Gasteiger partial charge on any atom is 0.115 e. The lowest BCUT2D eigenvalue weighted by atomic mass is 10.1. The third-order valence-electron chi connectivity index (χ3n) is 4.01. The molecule has 1 aliphatic carbocycles. The van der Waals surface area contributed by atoms with Gasteiger partial charge in [-0.3, -0.25) is 4.90 Å². The van der Waals surface area contributed by atoms with Crippen LogP contribution >= 0.6 is 12.4 Å². The Balaban J connectivity index is 0.00000108. The average Bonchev–Trinajstić information content (AvgIpc) is 2.73. The van der Waals surface area contributed by atoms with Crippen LogP contribution in [0.25, 0.3) is 0 Å². The zero-order chi connectivity index (χ0) is 11.0. The van der Waals surface area contributed by atoms with E-state index in [9.17, 15) is 5.11 Å². The van der Waals surface area contributed by atoms with Crippen molar-refractivity contribution >= 4 is 12.4 Å². The van der Waals surface area contributed by atoms with Crippen LogP contribution in [-0.4, -0.2) is 29.1 Å². The molecule has 1 atom stereocenters. The molecule has 1 aromatic rings. The molecule has 17 heavy (non-hydrogen) atoms. The van der Waals surface area contributed by atoms with E-state index in [1.807, 2.05) is 12.1 Å². The van der Waals surface area contributed by atoms with Gasteiger partial charge in [0, 0.05) is 6.04 Å². The van der Waals surface area contributed by atoms with Crippen molar-refractivity contribution in [3.05, 3.63) is 29.3 Å². The van der Waals surface area contributed by atoms with Gasteiger partial charge in [0.1, 0.15) is 5.75 Å². The largest absolute Gasteiger partial charge is 0.508 e. The van der Waals surface area contributed by atoms with Crippen molar-refractivity contribution in [1.82, 2.24) is 4.90 Å². The smallest absolute Gasteiger partial charge is 0.115 e. The Kier molecular flexibility index (Phi) is 3.95. The number of nitrogens with zero attached hydrogens (tertiary/aromatic N) is 1. The van der Waals surface area contributed by atoms with Crippen LogP contribution in [0.2, 0.25) is 0 Å². The van der Waals surface area contributed by atoms with Crippen LogP contribution in [0.5, 0.6) is 5.75 Å². The zero-order valence-electron chi connectivity index (χ0n) is 10.1. The maximum atomic E-state index is 9.48. The summed E-state index contributed by atoms with van der Waals surface area (Å²) in [4.78, 5) is 2.64. The van der Waals surface area contributed by atoms with Crippen LogP contribution < -0.4 is 0 Å². The molecule has 1 aromatic carbocycles. The number of hydrogen-bond acceptors (Lipinski definition) is 2. The van der Waals surface area contributed by atoms with E-state index in [4.69, 9.17) is 0 Å². The van der Waals surface area contributed by atoms with E-state index in [0.29, 0.717) is 11.8 Å². The van der Waals surface area contributed by atoms with Gasteiger partial charge in [0.05, 0.1) is 0 Å². The van der Waals surface area contributed by atoms with Crippen molar-refractivity contribution in [2.45, 2.75) is 38.1 Å². The number of hydrogen-bond donors (Lipinski definition) is 1. The normalized spacial score (nSPS) is 24.1. The number of benzene rings is 1. The number of halogens is 1. The highest BCUT2D eigenvalue weighted by Crippen LogP contribution is 2.29. The second kappa shape index (κ2) is 5.28. The lowest BCUT2D eigenvalue weighted by Crippen LogP contribution is -2.39. The molecule has 2 nitrogen and oxygen atoms in total. The minimum Gasteiger partial charge on any atom is -0.508 e. The van der Waals surface area contributed by atoms with Crippen molar-refractivity contribution in [2.75, 3.05) is 13.1 Å². The summed E-state index contributed by atoms with van der Waals surface area (Å²) in [7, 11) is 0. The summed E-state index contributed by atoms with van der Waals surface area (Å²) < 4.78 is 0. The maximum absolute atomic E-state index is 9.48. The molecule has 0 amide bonds. The van der Waals surface area contributed by atoms with Gasteiger partial charge in [0.25, 0.3) is 0 Å². The fourth-order valence-electron chi connectivity index (χ4n) is 3.12. The van der Waals surface area contributed by atoms with Gasteiger partial charge in [-0.1, -0.05) is 12.5 Å². The molecule has 0 spiro atoms. The van der Waals surface area contributed by atoms with Crippen LogP contribution in [-0.2, 0) is 12.8 Å². The van der Waals surface area contributed by atoms with Gasteiger partial charge in [-0.25, -0.2) is 0 Å². The van der Waals surface area contributed by atoms with Gasteiger partial charge in [-0.15, -0.1) is 12.4 Å². The first-order chi connectivity index (χ1) is 7.83. The molecule has 1 fully saturated rings. The van der Waals surface area contributed by atoms with Crippen molar-refractivity contribution in [3.8, 4) is 5.75 Å². The SMILES string of the molecule is Cl.Oc1ccc2c(c1)CC(N1CCCCC1)C2. The van der Waals surface area contributed by atoms with Gasteiger partial charge in [0.2, 0.25) is 0 Å². The highest BCUT2D eigenvalue weighted by molar-refractivity contribution is 5.85. The first kappa shape index (κ1) is 12.7. The highest BCUT2D eigenvalue weighted by Gasteiger charge is 2.27. The summed E-state index contributed by atoms with van der Waals surface area (Å²) in [6.45, 7) is 2.54. The summed E-state index contributed by atoms with van der Waals surface area (Å²) >= 11 is 0. The predicted molar refractivity (Wildman–Crippen MR) is 72.0 cm³/mol. The molecule has 3 rings (SSSR count). The molecule has 0 bridgehead atoms. The molecule has 0 saturated carbocycles. The second-order valence-electron chi connectivity index (χ2n) is 5.11. The Hall–Kier alpha value is -0.730. The molecular weight excluding hydrogens is 234 g/mol. The van der Waals surface area contributed by atoms with Gasteiger partial charge in [0.15, 0.2) is 0 Å². The molecular formula is C14H20ClNO.